The molecular formula is C13H17NO4. The number of ether oxygens (including phenoxy) is 2. The summed E-state index contributed by atoms with van der Waals surface area (Å²) in [5, 5.41) is 2.82. The van der Waals surface area contributed by atoms with Gasteiger partial charge in [0.1, 0.15) is 0 Å². The molecule has 0 saturated carbocycles. The minimum atomic E-state index is -1.09. The first-order valence-corrected chi connectivity index (χ1v) is 5.86. The molecule has 0 aromatic heterocycles. The SMILES string of the molecule is CCC(=O)OC(Nc1ccccc1)OC(=O)CC. The van der Waals surface area contributed by atoms with Crippen molar-refractivity contribution in [1.29, 1.82) is 0 Å². The van der Waals surface area contributed by atoms with Crippen molar-refractivity contribution < 1.29 is 19.1 Å². The predicted molar refractivity (Wildman–Crippen MR) is 66.6 cm³/mol. The van der Waals surface area contributed by atoms with Crippen LogP contribution in [0.2, 0.25) is 0 Å². The fourth-order valence-electron chi connectivity index (χ4n) is 1.16. The first-order chi connectivity index (χ1) is 8.65. The topological polar surface area (TPSA) is 64.6 Å². The van der Waals surface area contributed by atoms with Crippen molar-refractivity contribution in [2.24, 2.45) is 0 Å². The number of carbonyl (C=O) groups excluding carboxylic acids is 2. The van der Waals surface area contributed by atoms with Gasteiger partial charge < -0.3 is 14.8 Å². The third-order valence-electron chi connectivity index (χ3n) is 2.11. The molecule has 0 amide bonds. The molecule has 0 bridgehead atoms. The van der Waals surface area contributed by atoms with Gasteiger partial charge in [-0.1, -0.05) is 32.0 Å². The standard InChI is InChI=1S/C13H17NO4/c1-3-11(15)17-13(18-12(16)4-2)14-10-8-6-5-7-9-10/h5-9,13-14H,3-4H2,1-2H3. The van der Waals surface area contributed by atoms with E-state index in [1.54, 1.807) is 26.0 Å². The number of rotatable bonds is 6. The number of nitrogens with one attached hydrogen (secondary N) is 1. The Balaban J connectivity index is 2.64. The van der Waals surface area contributed by atoms with Crippen molar-refractivity contribution in [2.45, 2.75) is 33.1 Å². The highest BCUT2D eigenvalue weighted by Crippen LogP contribution is 2.09. The zero-order valence-electron chi connectivity index (χ0n) is 10.5. The van der Waals surface area contributed by atoms with Gasteiger partial charge in [-0.05, 0) is 12.1 Å². The molecule has 0 atom stereocenters. The van der Waals surface area contributed by atoms with E-state index < -0.39 is 18.4 Å². The summed E-state index contributed by atoms with van der Waals surface area (Å²) in [6.07, 6.45) is -0.653. The van der Waals surface area contributed by atoms with Crippen LogP contribution in [0, 0.1) is 0 Å². The molecule has 0 saturated heterocycles. The Labute approximate surface area is 106 Å². The van der Waals surface area contributed by atoms with Crippen LogP contribution in [-0.2, 0) is 19.1 Å². The molecule has 1 aromatic rings. The summed E-state index contributed by atoms with van der Waals surface area (Å²) in [6, 6.07) is 9.07. The summed E-state index contributed by atoms with van der Waals surface area (Å²) in [5.41, 5.74) is 0.704. The molecule has 0 aliphatic rings. The smallest absolute Gasteiger partial charge is 0.329 e. The Kier molecular flexibility index (Phi) is 5.70. The van der Waals surface area contributed by atoms with Gasteiger partial charge in [0.05, 0.1) is 0 Å². The normalized spacial score (nSPS) is 9.94. The van der Waals surface area contributed by atoms with E-state index in [4.69, 9.17) is 9.47 Å². The molecule has 0 fully saturated rings. The number of para-hydroxylation sites is 1. The van der Waals surface area contributed by atoms with Crippen molar-refractivity contribution in [1.82, 2.24) is 0 Å². The molecule has 0 heterocycles. The maximum Gasteiger partial charge on any atom is 0.329 e. The van der Waals surface area contributed by atoms with Crippen LogP contribution in [0.5, 0.6) is 0 Å². The monoisotopic (exact) mass is 251 g/mol. The number of hydrogen-bond donors (Lipinski definition) is 1. The van der Waals surface area contributed by atoms with Gasteiger partial charge in [-0.2, -0.15) is 0 Å². The molecule has 1 aromatic carbocycles. The molecule has 0 spiro atoms. The van der Waals surface area contributed by atoms with Crippen LogP contribution in [0.4, 0.5) is 5.69 Å². The number of hydrogen-bond acceptors (Lipinski definition) is 5. The third kappa shape index (κ3) is 4.86. The average molecular weight is 251 g/mol. The lowest BCUT2D eigenvalue weighted by Gasteiger charge is -2.19. The molecular weight excluding hydrogens is 234 g/mol. The van der Waals surface area contributed by atoms with Crippen LogP contribution >= 0.6 is 0 Å². The van der Waals surface area contributed by atoms with Crippen LogP contribution in [0.25, 0.3) is 0 Å². The Hall–Kier alpha value is -2.04. The second-order valence-corrected chi connectivity index (χ2v) is 3.53. The lowest BCUT2D eigenvalue weighted by atomic mass is 10.3. The highest BCUT2D eigenvalue weighted by molar-refractivity contribution is 5.71. The highest BCUT2D eigenvalue weighted by atomic mass is 16.7. The van der Waals surface area contributed by atoms with Gasteiger partial charge in [0, 0.05) is 18.5 Å². The lowest BCUT2D eigenvalue weighted by Crippen LogP contribution is -2.31. The quantitative estimate of drug-likeness (QED) is 0.620. The maximum absolute atomic E-state index is 11.2. The van der Waals surface area contributed by atoms with Gasteiger partial charge in [0.15, 0.2) is 0 Å². The van der Waals surface area contributed by atoms with Crippen molar-refractivity contribution in [3.63, 3.8) is 0 Å². The number of carbonyl (C=O) groups is 2. The summed E-state index contributed by atoms with van der Waals surface area (Å²) < 4.78 is 9.97. The predicted octanol–water partition coefficient (Wildman–Crippen LogP) is 2.29. The summed E-state index contributed by atoms with van der Waals surface area (Å²) in [7, 11) is 0. The lowest BCUT2D eigenvalue weighted by molar-refractivity contribution is -0.182. The Morgan fingerprint density at radius 3 is 2.00 bits per heavy atom. The number of benzene rings is 1. The Morgan fingerprint density at radius 2 is 1.56 bits per heavy atom. The average Bonchev–Trinajstić information content (AvgIpc) is 2.39. The van der Waals surface area contributed by atoms with Crippen LogP contribution in [-0.4, -0.2) is 18.4 Å². The van der Waals surface area contributed by atoms with E-state index in [1.165, 1.54) is 0 Å². The van der Waals surface area contributed by atoms with E-state index in [0.29, 0.717) is 5.69 Å². The molecule has 98 valence electrons. The molecule has 5 nitrogen and oxygen atoms in total. The number of esters is 2. The van der Waals surface area contributed by atoms with Crippen molar-refractivity contribution in [3.05, 3.63) is 30.3 Å². The van der Waals surface area contributed by atoms with Crippen LogP contribution in [0.1, 0.15) is 26.7 Å². The van der Waals surface area contributed by atoms with E-state index in [2.05, 4.69) is 5.32 Å². The molecule has 0 aliphatic carbocycles. The van der Waals surface area contributed by atoms with Crippen LogP contribution < -0.4 is 5.32 Å². The summed E-state index contributed by atoms with van der Waals surface area (Å²) in [5.74, 6) is -0.875. The van der Waals surface area contributed by atoms with Gasteiger partial charge in [-0.15, -0.1) is 0 Å². The van der Waals surface area contributed by atoms with Crippen molar-refractivity contribution >= 4 is 17.6 Å². The largest absolute Gasteiger partial charge is 0.406 e. The molecule has 1 rings (SSSR count). The van der Waals surface area contributed by atoms with Crippen molar-refractivity contribution in [2.75, 3.05) is 5.32 Å². The molecule has 1 N–H and O–H groups in total. The molecule has 0 aliphatic heterocycles. The molecule has 0 radical (unpaired) electrons. The molecule has 5 heteroatoms. The van der Waals surface area contributed by atoms with E-state index in [1.807, 2.05) is 18.2 Å². The minimum absolute atomic E-state index is 0.219. The number of anilines is 1. The van der Waals surface area contributed by atoms with Crippen LogP contribution in [0.15, 0.2) is 30.3 Å². The second kappa shape index (κ2) is 7.32. The van der Waals surface area contributed by atoms with Gasteiger partial charge in [0.25, 0.3) is 0 Å². The fraction of sp³-hybridized carbons (Fsp3) is 0.385. The minimum Gasteiger partial charge on any atom is -0.406 e. The summed E-state index contributed by atoms with van der Waals surface area (Å²) in [6.45, 7) is 3.34. The van der Waals surface area contributed by atoms with E-state index in [0.717, 1.165) is 0 Å². The fourth-order valence-corrected chi connectivity index (χ4v) is 1.16. The van der Waals surface area contributed by atoms with Gasteiger partial charge >= 0.3 is 18.4 Å². The first kappa shape index (κ1) is 14.0. The van der Waals surface area contributed by atoms with E-state index in [9.17, 15) is 9.59 Å². The highest BCUT2D eigenvalue weighted by Gasteiger charge is 2.16. The maximum atomic E-state index is 11.2. The molecule has 0 unspecified atom stereocenters. The second-order valence-electron chi connectivity index (χ2n) is 3.53. The zero-order chi connectivity index (χ0) is 13.4. The van der Waals surface area contributed by atoms with Crippen LogP contribution in [0.3, 0.4) is 0 Å². The van der Waals surface area contributed by atoms with E-state index >= 15 is 0 Å². The molecule has 18 heavy (non-hydrogen) atoms. The van der Waals surface area contributed by atoms with Gasteiger partial charge in [-0.3, -0.25) is 9.59 Å². The zero-order valence-corrected chi connectivity index (χ0v) is 10.5. The van der Waals surface area contributed by atoms with Gasteiger partial charge in [-0.25, -0.2) is 0 Å². The Morgan fingerprint density at radius 1 is 1.06 bits per heavy atom. The van der Waals surface area contributed by atoms with Gasteiger partial charge in [0.2, 0.25) is 0 Å². The Bertz CT molecular complexity index is 373. The summed E-state index contributed by atoms with van der Waals surface area (Å²) in [4.78, 5) is 22.5. The summed E-state index contributed by atoms with van der Waals surface area (Å²) >= 11 is 0. The third-order valence-corrected chi connectivity index (χ3v) is 2.11. The van der Waals surface area contributed by atoms with E-state index in [-0.39, 0.29) is 12.8 Å². The van der Waals surface area contributed by atoms with Crippen molar-refractivity contribution in [3.8, 4) is 0 Å². The first-order valence-electron chi connectivity index (χ1n) is 5.86.